The Labute approximate surface area is 137 Å². The molecule has 110 valence electrons. The van der Waals surface area contributed by atoms with E-state index in [1.165, 1.54) is 8.66 Å². The SMILES string of the molecule is CCc1nn(CC)c(CNCCc2ccc(Br)s2)c1Cl. The lowest BCUT2D eigenvalue weighted by atomic mass is 10.3. The van der Waals surface area contributed by atoms with Gasteiger partial charge in [0.15, 0.2) is 0 Å². The van der Waals surface area contributed by atoms with Crippen molar-refractivity contribution in [2.45, 2.75) is 39.8 Å². The van der Waals surface area contributed by atoms with E-state index in [9.17, 15) is 0 Å². The van der Waals surface area contributed by atoms with E-state index in [4.69, 9.17) is 11.6 Å². The normalized spacial score (nSPS) is 11.2. The van der Waals surface area contributed by atoms with Crippen molar-refractivity contribution in [3.63, 3.8) is 0 Å². The average molecular weight is 377 g/mol. The van der Waals surface area contributed by atoms with E-state index >= 15 is 0 Å². The van der Waals surface area contributed by atoms with Crippen molar-refractivity contribution in [1.82, 2.24) is 15.1 Å². The van der Waals surface area contributed by atoms with E-state index in [0.29, 0.717) is 0 Å². The first kappa shape index (κ1) is 16.0. The van der Waals surface area contributed by atoms with Crippen LogP contribution in [0.2, 0.25) is 5.02 Å². The van der Waals surface area contributed by atoms with Gasteiger partial charge in [-0.25, -0.2) is 0 Å². The predicted octanol–water partition coefficient (Wildman–Crippen LogP) is 4.28. The van der Waals surface area contributed by atoms with Crippen molar-refractivity contribution >= 4 is 38.9 Å². The highest BCUT2D eigenvalue weighted by atomic mass is 79.9. The zero-order valence-electron chi connectivity index (χ0n) is 11.7. The van der Waals surface area contributed by atoms with Gasteiger partial charge in [-0.05, 0) is 47.8 Å². The summed E-state index contributed by atoms with van der Waals surface area (Å²) in [6.07, 6.45) is 1.91. The van der Waals surface area contributed by atoms with Crippen molar-refractivity contribution in [2.75, 3.05) is 6.54 Å². The zero-order chi connectivity index (χ0) is 14.5. The molecule has 2 aromatic heterocycles. The molecule has 2 heterocycles. The lowest BCUT2D eigenvalue weighted by Gasteiger charge is -2.07. The van der Waals surface area contributed by atoms with E-state index in [2.05, 4.69) is 52.3 Å². The van der Waals surface area contributed by atoms with Crippen LogP contribution in [0, 0.1) is 0 Å². The second-order valence-electron chi connectivity index (χ2n) is 4.51. The molecule has 0 unspecified atom stereocenters. The van der Waals surface area contributed by atoms with Crippen LogP contribution in [0.25, 0.3) is 0 Å². The number of hydrogen-bond acceptors (Lipinski definition) is 3. The first-order valence-electron chi connectivity index (χ1n) is 6.84. The maximum atomic E-state index is 6.38. The summed E-state index contributed by atoms with van der Waals surface area (Å²) in [5.41, 5.74) is 2.09. The van der Waals surface area contributed by atoms with Crippen molar-refractivity contribution in [3.8, 4) is 0 Å². The minimum absolute atomic E-state index is 0.770. The maximum absolute atomic E-state index is 6.38. The van der Waals surface area contributed by atoms with Crippen molar-refractivity contribution in [2.24, 2.45) is 0 Å². The number of nitrogens with zero attached hydrogens (tertiary/aromatic N) is 2. The Morgan fingerprint density at radius 2 is 2.20 bits per heavy atom. The lowest BCUT2D eigenvalue weighted by molar-refractivity contribution is 0.579. The van der Waals surface area contributed by atoms with Crippen LogP contribution < -0.4 is 5.32 Å². The molecule has 0 aromatic carbocycles. The van der Waals surface area contributed by atoms with Crippen LogP contribution in [0.4, 0.5) is 0 Å². The van der Waals surface area contributed by atoms with Crippen molar-refractivity contribution in [3.05, 3.63) is 37.2 Å². The molecule has 0 saturated heterocycles. The highest BCUT2D eigenvalue weighted by Crippen LogP contribution is 2.23. The third kappa shape index (κ3) is 3.85. The summed E-state index contributed by atoms with van der Waals surface area (Å²) < 4.78 is 3.18. The molecule has 0 aliphatic carbocycles. The number of aromatic nitrogens is 2. The molecule has 0 aliphatic heterocycles. The van der Waals surface area contributed by atoms with Gasteiger partial charge in [0.2, 0.25) is 0 Å². The number of rotatable bonds is 7. The lowest BCUT2D eigenvalue weighted by Crippen LogP contribution is -2.19. The molecule has 6 heteroatoms. The van der Waals surface area contributed by atoms with E-state index in [1.807, 2.05) is 4.68 Å². The Morgan fingerprint density at radius 3 is 2.80 bits per heavy atom. The average Bonchev–Trinajstić information content (AvgIpc) is 2.99. The van der Waals surface area contributed by atoms with Crippen LogP contribution in [-0.2, 0) is 25.9 Å². The third-order valence-electron chi connectivity index (χ3n) is 3.16. The van der Waals surface area contributed by atoms with Gasteiger partial charge in [-0.3, -0.25) is 4.68 Å². The molecule has 0 fully saturated rings. The Bertz CT molecular complexity index is 565. The first-order valence-corrected chi connectivity index (χ1v) is 8.83. The van der Waals surface area contributed by atoms with Gasteiger partial charge in [-0.1, -0.05) is 18.5 Å². The minimum atomic E-state index is 0.770. The van der Waals surface area contributed by atoms with Crippen LogP contribution in [-0.4, -0.2) is 16.3 Å². The van der Waals surface area contributed by atoms with E-state index in [-0.39, 0.29) is 0 Å². The van der Waals surface area contributed by atoms with Gasteiger partial charge in [0.05, 0.1) is 20.2 Å². The summed E-state index contributed by atoms with van der Waals surface area (Å²) in [5, 5.41) is 8.81. The van der Waals surface area contributed by atoms with Crippen LogP contribution in [0.5, 0.6) is 0 Å². The van der Waals surface area contributed by atoms with E-state index in [0.717, 1.165) is 48.9 Å². The van der Waals surface area contributed by atoms with Crippen molar-refractivity contribution < 1.29 is 0 Å². The van der Waals surface area contributed by atoms with E-state index in [1.54, 1.807) is 11.3 Å². The standard InChI is InChI=1S/C14H19BrClN3S/c1-3-11-14(16)12(19(4-2)18-11)9-17-8-7-10-5-6-13(15)20-10/h5-6,17H,3-4,7-9H2,1-2H3. The van der Waals surface area contributed by atoms with Crippen LogP contribution in [0.1, 0.15) is 30.1 Å². The summed E-state index contributed by atoms with van der Waals surface area (Å²) in [6.45, 7) is 6.75. The number of halogens is 2. The second kappa shape index (κ2) is 7.59. The fourth-order valence-corrected chi connectivity index (χ4v) is 3.91. The summed E-state index contributed by atoms with van der Waals surface area (Å²) >= 11 is 11.7. The van der Waals surface area contributed by atoms with E-state index < -0.39 is 0 Å². The molecule has 0 atom stereocenters. The zero-order valence-corrected chi connectivity index (χ0v) is 14.9. The number of aryl methyl sites for hydroxylation is 2. The Hall–Kier alpha value is -0.360. The highest BCUT2D eigenvalue weighted by Gasteiger charge is 2.13. The molecule has 20 heavy (non-hydrogen) atoms. The van der Waals surface area contributed by atoms with Crippen LogP contribution in [0.3, 0.4) is 0 Å². The fourth-order valence-electron chi connectivity index (χ4n) is 2.09. The molecule has 2 aromatic rings. The molecular weight excluding hydrogens is 358 g/mol. The quantitative estimate of drug-likeness (QED) is 0.731. The summed E-state index contributed by atoms with van der Waals surface area (Å²) in [7, 11) is 0. The van der Waals surface area contributed by atoms with Gasteiger partial charge >= 0.3 is 0 Å². The minimum Gasteiger partial charge on any atom is -0.311 e. The van der Waals surface area contributed by atoms with Gasteiger partial charge in [0.25, 0.3) is 0 Å². The smallest absolute Gasteiger partial charge is 0.0863 e. The van der Waals surface area contributed by atoms with Crippen LogP contribution >= 0.6 is 38.9 Å². The molecule has 0 aliphatic rings. The number of hydrogen-bond donors (Lipinski definition) is 1. The Morgan fingerprint density at radius 1 is 1.40 bits per heavy atom. The highest BCUT2D eigenvalue weighted by molar-refractivity contribution is 9.11. The third-order valence-corrected chi connectivity index (χ3v) is 5.28. The Kier molecular flexibility index (Phi) is 6.08. The van der Waals surface area contributed by atoms with Gasteiger partial charge in [-0.2, -0.15) is 5.10 Å². The van der Waals surface area contributed by atoms with Crippen molar-refractivity contribution in [1.29, 1.82) is 0 Å². The second-order valence-corrected chi connectivity index (χ2v) is 7.43. The maximum Gasteiger partial charge on any atom is 0.0863 e. The topological polar surface area (TPSA) is 29.9 Å². The fraction of sp³-hybridized carbons (Fsp3) is 0.500. The number of nitrogens with one attached hydrogen (secondary N) is 1. The van der Waals surface area contributed by atoms with Gasteiger partial charge in [-0.15, -0.1) is 11.3 Å². The van der Waals surface area contributed by atoms with Crippen LogP contribution in [0.15, 0.2) is 15.9 Å². The molecule has 0 bridgehead atoms. The van der Waals surface area contributed by atoms with Gasteiger partial charge in [0, 0.05) is 24.5 Å². The summed E-state index contributed by atoms with van der Waals surface area (Å²) in [6, 6.07) is 4.26. The van der Waals surface area contributed by atoms with Gasteiger partial charge in [0.1, 0.15) is 0 Å². The first-order chi connectivity index (χ1) is 9.65. The summed E-state index contributed by atoms with van der Waals surface area (Å²) in [4.78, 5) is 1.38. The molecular formula is C14H19BrClN3S. The molecule has 0 radical (unpaired) electrons. The monoisotopic (exact) mass is 375 g/mol. The molecule has 1 N–H and O–H groups in total. The predicted molar refractivity (Wildman–Crippen MR) is 89.7 cm³/mol. The molecule has 0 spiro atoms. The largest absolute Gasteiger partial charge is 0.311 e. The number of thiophene rings is 1. The van der Waals surface area contributed by atoms with Gasteiger partial charge < -0.3 is 5.32 Å². The summed E-state index contributed by atoms with van der Waals surface area (Å²) in [5.74, 6) is 0. The molecule has 0 amide bonds. The molecule has 3 nitrogen and oxygen atoms in total. The Balaban J connectivity index is 1.89. The molecule has 0 saturated carbocycles. The molecule has 2 rings (SSSR count).